The summed E-state index contributed by atoms with van der Waals surface area (Å²) < 4.78 is 4.68. The number of carbonyl (C=O) groups is 1. The normalized spacial score (nSPS) is 11.1. The number of methoxy groups -OCH3 is 1. The summed E-state index contributed by atoms with van der Waals surface area (Å²) in [4.78, 5) is 10.4. The van der Waals surface area contributed by atoms with E-state index in [0.29, 0.717) is 3.58 Å². The van der Waals surface area contributed by atoms with Crippen molar-refractivity contribution in [3.63, 3.8) is 0 Å². The highest BCUT2D eigenvalue weighted by atomic mass is 127. The second kappa shape index (κ2) is 4.14. The molecular formula is C4H4ClIO2. The molecular weight excluding hydrogens is 242 g/mol. The topological polar surface area (TPSA) is 26.3 Å². The van der Waals surface area contributed by atoms with Crippen LogP contribution in [0.5, 0.6) is 0 Å². The van der Waals surface area contributed by atoms with Crippen LogP contribution >= 0.6 is 34.2 Å². The fourth-order valence-corrected chi connectivity index (χ4v) is 0.451. The van der Waals surface area contributed by atoms with Gasteiger partial charge in [-0.2, -0.15) is 0 Å². The Kier molecular flexibility index (Phi) is 4.26. The van der Waals surface area contributed by atoms with Crippen molar-refractivity contribution in [2.75, 3.05) is 7.11 Å². The van der Waals surface area contributed by atoms with E-state index in [4.69, 9.17) is 11.6 Å². The number of rotatable bonds is 1. The quantitative estimate of drug-likeness (QED) is 0.400. The molecule has 4 heteroatoms. The third-order valence-corrected chi connectivity index (χ3v) is 1.81. The Morgan fingerprint density at radius 1 is 1.88 bits per heavy atom. The first-order valence-electron chi connectivity index (χ1n) is 1.76. The highest BCUT2D eigenvalue weighted by Gasteiger charge is 2.01. The van der Waals surface area contributed by atoms with Gasteiger partial charge in [-0.05, 0) is 22.6 Å². The van der Waals surface area contributed by atoms with Crippen LogP contribution in [-0.2, 0) is 9.53 Å². The van der Waals surface area contributed by atoms with Gasteiger partial charge < -0.3 is 4.74 Å². The van der Waals surface area contributed by atoms with Gasteiger partial charge in [-0.3, -0.25) is 0 Å². The first-order chi connectivity index (χ1) is 3.72. The van der Waals surface area contributed by atoms with E-state index in [-0.39, 0.29) is 0 Å². The zero-order chi connectivity index (χ0) is 6.57. The fourth-order valence-electron chi connectivity index (χ4n) is 0.142. The molecule has 0 fully saturated rings. The lowest BCUT2D eigenvalue weighted by molar-refractivity contribution is -0.135. The summed E-state index contributed by atoms with van der Waals surface area (Å²) in [5.74, 6) is -0.402. The van der Waals surface area contributed by atoms with Crippen LogP contribution < -0.4 is 0 Å². The van der Waals surface area contributed by atoms with Crippen molar-refractivity contribution in [2.45, 2.75) is 0 Å². The van der Waals surface area contributed by atoms with Crippen molar-refractivity contribution in [3.05, 3.63) is 9.12 Å². The van der Waals surface area contributed by atoms with E-state index in [1.807, 2.05) is 0 Å². The van der Waals surface area contributed by atoms with Crippen LogP contribution in [0.4, 0.5) is 0 Å². The van der Waals surface area contributed by atoms with Gasteiger partial charge >= 0.3 is 5.97 Å². The summed E-state index contributed by atoms with van der Waals surface area (Å²) in [7, 11) is 1.31. The number of hydrogen-bond donors (Lipinski definition) is 0. The fraction of sp³-hybridized carbons (Fsp3) is 0.250. The Labute approximate surface area is 66.0 Å². The highest BCUT2D eigenvalue weighted by molar-refractivity contribution is 14.1. The van der Waals surface area contributed by atoms with Crippen molar-refractivity contribution < 1.29 is 9.53 Å². The minimum atomic E-state index is -0.402. The molecule has 0 aliphatic heterocycles. The van der Waals surface area contributed by atoms with E-state index in [1.165, 1.54) is 12.6 Å². The van der Waals surface area contributed by atoms with Crippen LogP contribution in [0.3, 0.4) is 0 Å². The van der Waals surface area contributed by atoms with Gasteiger partial charge in [0.15, 0.2) is 0 Å². The van der Waals surface area contributed by atoms with Gasteiger partial charge in [-0.15, -0.1) is 0 Å². The van der Waals surface area contributed by atoms with Crippen molar-refractivity contribution in [3.8, 4) is 0 Å². The molecule has 0 saturated carbocycles. The van der Waals surface area contributed by atoms with Gasteiger partial charge in [0, 0.05) is 5.54 Å². The molecule has 8 heavy (non-hydrogen) atoms. The molecule has 46 valence electrons. The molecule has 0 aliphatic carbocycles. The Morgan fingerprint density at radius 3 is 2.50 bits per heavy atom. The summed E-state index contributed by atoms with van der Waals surface area (Å²) in [6.07, 6.45) is 0. The molecule has 0 amide bonds. The lowest BCUT2D eigenvalue weighted by Gasteiger charge is -1.91. The van der Waals surface area contributed by atoms with Crippen LogP contribution in [0.25, 0.3) is 0 Å². The average molecular weight is 246 g/mol. The molecule has 0 atom stereocenters. The van der Waals surface area contributed by atoms with Crippen molar-refractivity contribution >= 4 is 40.2 Å². The molecule has 0 bridgehead atoms. The number of ether oxygens (including phenoxy) is 1. The maximum Gasteiger partial charge on any atom is 0.344 e. The monoisotopic (exact) mass is 246 g/mol. The first-order valence-corrected chi connectivity index (χ1v) is 3.28. The predicted octanol–water partition coefficient (Wildman–Crippen LogP) is 1.67. The number of halogens is 2. The van der Waals surface area contributed by atoms with Gasteiger partial charge in [-0.1, -0.05) is 11.6 Å². The Morgan fingerprint density at radius 2 is 2.38 bits per heavy atom. The number of hydrogen-bond acceptors (Lipinski definition) is 2. The Balaban J connectivity index is 3.83. The van der Waals surface area contributed by atoms with Crippen molar-refractivity contribution in [1.82, 2.24) is 0 Å². The van der Waals surface area contributed by atoms with E-state index < -0.39 is 5.97 Å². The summed E-state index contributed by atoms with van der Waals surface area (Å²) in [5, 5.41) is 0. The molecule has 2 nitrogen and oxygen atoms in total. The van der Waals surface area contributed by atoms with E-state index in [1.54, 1.807) is 22.6 Å². The first kappa shape index (κ1) is 8.23. The third-order valence-electron chi connectivity index (χ3n) is 0.476. The summed E-state index contributed by atoms with van der Waals surface area (Å²) >= 11 is 6.94. The average Bonchev–Trinajstić information content (AvgIpc) is 1.84. The van der Waals surface area contributed by atoms with E-state index in [2.05, 4.69) is 4.74 Å². The Bertz CT molecular complexity index is 121. The molecule has 0 aromatic carbocycles. The van der Waals surface area contributed by atoms with Gasteiger partial charge in [0.25, 0.3) is 0 Å². The molecule has 0 aromatic rings. The van der Waals surface area contributed by atoms with Gasteiger partial charge in [0.1, 0.15) is 3.58 Å². The maximum atomic E-state index is 10.4. The lowest BCUT2D eigenvalue weighted by Crippen LogP contribution is -1.97. The van der Waals surface area contributed by atoms with Crippen molar-refractivity contribution in [2.24, 2.45) is 0 Å². The molecule has 0 saturated heterocycles. The van der Waals surface area contributed by atoms with Crippen LogP contribution in [0.1, 0.15) is 0 Å². The molecule has 0 spiro atoms. The highest BCUT2D eigenvalue weighted by Crippen LogP contribution is 2.07. The van der Waals surface area contributed by atoms with Gasteiger partial charge in [-0.25, -0.2) is 4.79 Å². The summed E-state index contributed by atoms with van der Waals surface area (Å²) in [5.41, 5.74) is 1.17. The minimum Gasteiger partial charge on any atom is -0.465 e. The molecule has 0 aromatic heterocycles. The molecule has 0 unspecified atom stereocenters. The lowest BCUT2D eigenvalue weighted by atomic mass is 10.7. The van der Waals surface area contributed by atoms with Crippen LogP contribution in [0.15, 0.2) is 9.12 Å². The van der Waals surface area contributed by atoms with Gasteiger partial charge in [0.05, 0.1) is 7.11 Å². The summed E-state index contributed by atoms with van der Waals surface area (Å²) in [6.45, 7) is 0. The summed E-state index contributed by atoms with van der Waals surface area (Å²) in [6, 6.07) is 0. The maximum absolute atomic E-state index is 10.4. The van der Waals surface area contributed by atoms with Crippen molar-refractivity contribution in [1.29, 1.82) is 0 Å². The predicted molar refractivity (Wildman–Crippen MR) is 40.0 cm³/mol. The molecule has 0 aliphatic rings. The third kappa shape index (κ3) is 2.52. The largest absolute Gasteiger partial charge is 0.465 e. The minimum absolute atomic E-state index is 0.381. The zero-order valence-electron chi connectivity index (χ0n) is 4.15. The second-order valence-electron chi connectivity index (χ2n) is 0.949. The van der Waals surface area contributed by atoms with E-state index in [0.717, 1.165) is 0 Å². The van der Waals surface area contributed by atoms with E-state index >= 15 is 0 Å². The molecule has 0 rings (SSSR count). The van der Waals surface area contributed by atoms with Crippen LogP contribution in [0.2, 0.25) is 0 Å². The van der Waals surface area contributed by atoms with E-state index in [9.17, 15) is 4.79 Å². The molecule has 0 heterocycles. The molecule has 0 N–H and O–H groups in total. The standard InChI is InChI=1S/C4H4ClIO2/c1-8-4(7)3(6)2-5/h2H,1H3/b3-2+. The number of carbonyl (C=O) groups excluding carboxylic acids is 1. The number of esters is 1. The second-order valence-corrected chi connectivity index (χ2v) is 2.33. The smallest absolute Gasteiger partial charge is 0.344 e. The van der Waals surface area contributed by atoms with Crippen LogP contribution in [-0.4, -0.2) is 13.1 Å². The molecule has 0 radical (unpaired) electrons. The SMILES string of the molecule is COC(=O)/C(I)=C\Cl. The van der Waals surface area contributed by atoms with Gasteiger partial charge in [0.2, 0.25) is 0 Å². The van der Waals surface area contributed by atoms with Crippen LogP contribution in [0, 0.1) is 0 Å². The Hall–Kier alpha value is 0.230. The zero-order valence-corrected chi connectivity index (χ0v) is 7.06.